The maximum Gasteiger partial charge on any atom is 0.258 e. The summed E-state index contributed by atoms with van der Waals surface area (Å²) in [5.41, 5.74) is 3.71. The van der Waals surface area contributed by atoms with Gasteiger partial charge in [-0.15, -0.1) is 0 Å². The van der Waals surface area contributed by atoms with E-state index in [2.05, 4.69) is 24.3 Å². The van der Waals surface area contributed by atoms with E-state index in [4.69, 9.17) is 14.2 Å². The topological polar surface area (TPSA) is 48.0 Å². The molecule has 37 heavy (non-hydrogen) atoms. The van der Waals surface area contributed by atoms with Crippen molar-refractivity contribution in [2.24, 2.45) is 0 Å². The Kier molecular flexibility index (Phi) is 8.82. The fraction of sp³-hybridized carbons (Fsp3) is 0.219. The molecule has 0 fully saturated rings. The van der Waals surface area contributed by atoms with Crippen molar-refractivity contribution in [3.05, 3.63) is 120 Å². The number of carbonyl (C=O) groups is 1. The second kappa shape index (κ2) is 12.6. The Labute approximate surface area is 219 Å². The summed E-state index contributed by atoms with van der Waals surface area (Å²) in [4.78, 5) is 16.0. The molecule has 0 aliphatic rings. The molecule has 4 rings (SSSR count). The quantitative estimate of drug-likeness (QED) is 0.235. The SMILES string of the molecule is COc1cc(N(C(=O)c2ccccc2)C(CCc2ccccc2)Cc2ccccc2)cc(OC)c1OC. The summed E-state index contributed by atoms with van der Waals surface area (Å²) in [6, 6.07) is 33.6. The van der Waals surface area contributed by atoms with Crippen molar-refractivity contribution in [3.63, 3.8) is 0 Å². The zero-order valence-corrected chi connectivity index (χ0v) is 21.6. The van der Waals surface area contributed by atoms with Crippen LogP contribution in [0.2, 0.25) is 0 Å². The molecule has 0 saturated carbocycles. The lowest BCUT2D eigenvalue weighted by molar-refractivity contribution is 0.0975. The number of nitrogens with zero attached hydrogens (tertiary/aromatic N) is 1. The van der Waals surface area contributed by atoms with Crippen LogP contribution in [0, 0.1) is 0 Å². The van der Waals surface area contributed by atoms with Crippen LogP contribution < -0.4 is 19.1 Å². The standard InChI is InChI=1S/C32H33NO4/c1-35-29-22-28(23-30(36-2)31(29)37-3)33(32(34)26-17-11-6-12-18-26)27(21-25-15-9-5-10-16-25)20-19-24-13-7-4-8-14-24/h4-18,22-23,27H,19-21H2,1-3H3. The van der Waals surface area contributed by atoms with Crippen molar-refractivity contribution in [2.75, 3.05) is 26.2 Å². The maximum atomic E-state index is 14.2. The summed E-state index contributed by atoms with van der Waals surface area (Å²) < 4.78 is 16.8. The van der Waals surface area contributed by atoms with Gasteiger partial charge in [-0.25, -0.2) is 0 Å². The molecule has 1 amide bonds. The first kappa shape index (κ1) is 25.8. The Balaban J connectivity index is 1.83. The van der Waals surface area contributed by atoms with Crippen LogP contribution >= 0.6 is 0 Å². The Morgan fingerprint density at radius 2 is 1.22 bits per heavy atom. The van der Waals surface area contributed by atoms with Crippen LogP contribution in [0.4, 0.5) is 5.69 Å². The molecule has 1 unspecified atom stereocenters. The third-order valence-corrected chi connectivity index (χ3v) is 6.46. The number of hydrogen-bond acceptors (Lipinski definition) is 4. The Bertz CT molecular complexity index is 1250. The minimum absolute atomic E-state index is 0.0798. The summed E-state index contributed by atoms with van der Waals surface area (Å²) in [7, 11) is 4.74. The largest absolute Gasteiger partial charge is 0.493 e. The number of methoxy groups -OCH3 is 3. The number of amides is 1. The van der Waals surface area contributed by atoms with Gasteiger partial charge in [-0.3, -0.25) is 4.79 Å². The zero-order chi connectivity index (χ0) is 26.0. The van der Waals surface area contributed by atoms with E-state index in [1.807, 2.05) is 83.8 Å². The highest BCUT2D eigenvalue weighted by atomic mass is 16.5. The minimum Gasteiger partial charge on any atom is -0.493 e. The highest BCUT2D eigenvalue weighted by molar-refractivity contribution is 6.06. The number of rotatable bonds is 11. The first-order valence-corrected chi connectivity index (χ1v) is 12.4. The second-order valence-corrected chi connectivity index (χ2v) is 8.79. The molecule has 0 saturated heterocycles. The van der Waals surface area contributed by atoms with E-state index in [9.17, 15) is 4.79 Å². The summed E-state index contributed by atoms with van der Waals surface area (Å²) in [6.07, 6.45) is 2.30. The van der Waals surface area contributed by atoms with Gasteiger partial charge in [0.25, 0.3) is 5.91 Å². The molecule has 4 aromatic carbocycles. The van der Waals surface area contributed by atoms with E-state index in [0.717, 1.165) is 12.8 Å². The molecule has 4 aromatic rings. The molecule has 0 aliphatic carbocycles. The monoisotopic (exact) mass is 495 g/mol. The molecule has 5 nitrogen and oxygen atoms in total. The van der Waals surface area contributed by atoms with E-state index in [1.54, 1.807) is 21.3 Å². The van der Waals surface area contributed by atoms with Crippen molar-refractivity contribution in [1.82, 2.24) is 0 Å². The molecule has 0 bridgehead atoms. The van der Waals surface area contributed by atoms with Crippen molar-refractivity contribution in [2.45, 2.75) is 25.3 Å². The number of ether oxygens (including phenoxy) is 3. The molecular formula is C32H33NO4. The summed E-state index contributed by atoms with van der Waals surface area (Å²) in [5.74, 6) is 1.42. The van der Waals surface area contributed by atoms with E-state index in [0.29, 0.717) is 34.9 Å². The van der Waals surface area contributed by atoms with Crippen LogP contribution in [0.3, 0.4) is 0 Å². The van der Waals surface area contributed by atoms with Gasteiger partial charge in [0.15, 0.2) is 11.5 Å². The smallest absolute Gasteiger partial charge is 0.258 e. The molecule has 0 aliphatic heterocycles. The van der Waals surface area contributed by atoms with Gasteiger partial charge in [0.1, 0.15) is 0 Å². The Morgan fingerprint density at radius 3 is 1.73 bits per heavy atom. The Morgan fingerprint density at radius 1 is 0.703 bits per heavy atom. The lowest BCUT2D eigenvalue weighted by atomic mass is 9.96. The average Bonchev–Trinajstić information content (AvgIpc) is 2.96. The van der Waals surface area contributed by atoms with E-state index in [1.165, 1.54) is 11.1 Å². The summed E-state index contributed by atoms with van der Waals surface area (Å²) in [5, 5.41) is 0. The predicted molar refractivity (Wildman–Crippen MR) is 148 cm³/mol. The van der Waals surface area contributed by atoms with Gasteiger partial charge in [0, 0.05) is 23.7 Å². The lowest BCUT2D eigenvalue weighted by Gasteiger charge is -2.33. The first-order chi connectivity index (χ1) is 18.1. The maximum absolute atomic E-state index is 14.2. The average molecular weight is 496 g/mol. The van der Waals surface area contributed by atoms with Gasteiger partial charge < -0.3 is 19.1 Å². The van der Waals surface area contributed by atoms with E-state index >= 15 is 0 Å². The fourth-order valence-corrected chi connectivity index (χ4v) is 4.61. The molecule has 0 spiro atoms. The highest BCUT2D eigenvalue weighted by Gasteiger charge is 2.29. The van der Waals surface area contributed by atoms with Crippen molar-refractivity contribution >= 4 is 11.6 Å². The molecule has 0 aromatic heterocycles. The van der Waals surface area contributed by atoms with Gasteiger partial charge in [-0.2, -0.15) is 0 Å². The third kappa shape index (κ3) is 6.31. The number of benzene rings is 4. The fourth-order valence-electron chi connectivity index (χ4n) is 4.61. The van der Waals surface area contributed by atoms with Crippen LogP contribution in [0.15, 0.2) is 103 Å². The summed E-state index contributed by atoms with van der Waals surface area (Å²) in [6.45, 7) is 0. The van der Waals surface area contributed by atoms with E-state index < -0.39 is 0 Å². The molecule has 0 N–H and O–H groups in total. The molecule has 1 atom stereocenters. The second-order valence-electron chi connectivity index (χ2n) is 8.79. The van der Waals surface area contributed by atoms with Crippen molar-refractivity contribution in [3.8, 4) is 17.2 Å². The number of aryl methyl sites for hydroxylation is 1. The van der Waals surface area contributed by atoms with Crippen LogP contribution in [0.5, 0.6) is 17.2 Å². The normalized spacial score (nSPS) is 11.4. The lowest BCUT2D eigenvalue weighted by Crippen LogP contribution is -2.42. The Hall–Kier alpha value is -4.25. The number of hydrogen-bond donors (Lipinski definition) is 0. The number of carbonyl (C=O) groups excluding carboxylic acids is 1. The zero-order valence-electron chi connectivity index (χ0n) is 21.6. The van der Waals surface area contributed by atoms with Crippen LogP contribution in [0.25, 0.3) is 0 Å². The van der Waals surface area contributed by atoms with Gasteiger partial charge >= 0.3 is 0 Å². The van der Waals surface area contributed by atoms with Gasteiger partial charge in [-0.05, 0) is 42.5 Å². The third-order valence-electron chi connectivity index (χ3n) is 6.46. The summed E-state index contributed by atoms with van der Waals surface area (Å²) >= 11 is 0. The van der Waals surface area contributed by atoms with Gasteiger partial charge in [0.2, 0.25) is 5.75 Å². The van der Waals surface area contributed by atoms with Gasteiger partial charge in [-0.1, -0.05) is 78.9 Å². The first-order valence-electron chi connectivity index (χ1n) is 12.4. The molecule has 190 valence electrons. The molecular weight excluding hydrogens is 462 g/mol. The number of anilines is 1. The molecule has 0 radical (unpaired) electrons. The van der Waals surface area contributed by atoms with Gasteiger partial charge in [0.05, 0.1) is 27.0 Å². The molecule has 5 heteroatoms. The predicted octanol–water partition coefficient (Wildman–Crippen LogP) is 6.60. The molecule has 0 heterocycles. The van der Waals surface area contributed by atoms with Crippen molar-refractivity contribution < 1.29 is 19.0 Å². The van der Waals surface area contributed by atoms with Crippen LogP contribution in [-0.2, 0) is 12.8 Å². The van der Waals surface area contributed by atoms with Crippen LogP contribution in [-0.4, -0.2) is 33.3 Å². The highest BCUT2D eigenvalue weighted by Crippen LogP contribution is 2.42. The van der Waals surface area contributed by atoms with E-state index in [-0.39, 0.29) is 11.9 Å². The minimum atomic E-state index is -0.127. The van der Waals surface area contributed by atoms with Crippen LogP contribution in [0.1, 0.15) is 27.9 Å². The van der Waals surface area contributed by atoms with Crippen molar-refractivity contribution in [1.29, 1.82) is 0 Å².